The van der Waals surface area contributed by atoms with Gasteiger partial charge in [0, 0.05) is 24.2 Å². The summed E-state index contributed by atoms with van der Waals surface area (Å²) < 4.78 is 0. The van der Waals surface area contributed by atoms with Crippen LogP contribution in [0.4, 0.5) is 5.69 Å². The van der Waals surface area contributed by atoms with Gasteiger partial charge in [-0.05, 0) is 69.0 Å². The van der Waals surface area contributed by atoms with E-state index in [9.17, 15) is 9.59 Å². The molecule has 1 aromatic carbocycles. The van der Waals surface area contributed by atoms with Gasteiger partial charge in [-0.2, -0.15) is 0 Å². The van der Waals surface area contributed by atoms with Gasteiger partial charge >= 0.3 is 0 Å². The van der Waals surface area contributed by atoms with E-state index in [1.165, 1.54) is 0 Å². The van der Waals surface area contributed by atoms with Crippen LogP contribution in [0.2, 0.25) is 0 Å². The molecule has 1 aromatic rings. The summed E-state index contributed by atoms with van der Waals surface area (Å²) in [6, 6.07) is 7.05. The maximum absolute atomic E-state index is 12.0. The molecular formula is C18H27N3O2. The molecule has 0 unspecified atom stereocenters. The summed E-state index contributed by atoms with van der Waals surface area (Å²) in [5, 5.41) is 9.07. The first-order valence-corrected chi connectivity index (χ1v) is 8.58. The van der Waals surface area contributed by atoms with Gasteiger partial charge in [-0.15, -0.1) is 0 Å². The van der Waals surface area contributed by atoms with Crippen molar-refractivity contribution in [3.63, 3.8) is 0 Å². The average Bonchev–Trinajstić information content (AvgIpc) is 2.59. The number of rotatable bonds is 7. The Morgan fingerprint density at radius 3 is 2.52 bits per heavy atom. The zero-order chi connectivity index (χ0) is 16.5. The van der Waals surface area contributed by atoms with Gasteiger partial charge in [0.15, 0.2) is 0 Å². The fourth-order valence-electron chi connectivity index (χ4n) is 2.77. The topological polar surface area (TPSA) is 70.2 Å². The Morgan fingerprint density at radius 2 is 1.87 bits per heavy atom. The summed E-state index contributed by atoms with van der Waals surface area (Å²) in [5.41, 5.74) is 1.36. The molecule has 5 nitrogen and oxygen atoms in total. The molecule has 0 radical (unpaired) electrons. The summed E-state index contributed by atoms with van der Waals surface area (Å²) in [6.45, 7) is 4.82. The van der Waals surface area contributed by atoms with Crippen LogP contribution in [-0.4, -0.2) is 31.4 Å². The Morgan fingerprint density at radius 1 is 1.17 bits per heavy atom. The molecule has 1 fully saturated rings. The highest BCUT2D eigenvalue weighted by molar-refractivity contribution is 5.95. The van der Waals surface area contributed by atoms with E-state index in [-0.39, 0.29) is 11.8 Å². The molecule has 3 N–H and O–H groups in total. The molecule has 23 heavy (non-hydrogen) atoms. The Hall–Kier alpha value is -1.88. The van der Waals surface area contributed by atoms with E-state index in [4.69, 9.17) is 0 Å². The lowest BCUT2D eigenvalue weighted by molar-refractivity contribution is -0.116. The van der Waals surface area contributed by atoms with E-state index in [0.29, 0.717) is 24.4 Å². The Balaban J connectivity index is 1.76. The largest absolute Gasteiger partial charge is 0.352 e. The van der Waals surface area contributed by atoms with Gasteiger partial charge in [0.25, 0.3) is 5.91 Å². The van der Waals surface area contributed by atoms with Gasteiger partial charge in [-0.3, -0.25) is 9.59 Å². The first-order chi connectivity index (χ1) is 11.2. The summed E-state index contributed by atoms with van der Waals surface area (Å²) in [6.07, 6.45) is 4.75. The van der Waals surface area contributed by atoms with Crippen molar-refractivity contribution in [2.75, 3.05) is 25.0 Å². The van der Waals surface area contributed by atoms with Crippen molar-refractivity contribution in [1.29, 1.82) is 0 Å². The molecule has 2 amide bonds. The molecule has 0 atom stereocenters. The third kappa shape index (κ3) is 6.02. The second kappa shape index (κ2) is 9.30. The average molecular weight is 317 g/mol. The third-order valence-electron chi connectivity index (χ3n) is 4.20. The van der Waals surface area contributed by atoms with Crippen LogP contribution in [0.3, 0.4) is 0 Å². The molecule has 1 saturated heterocycles. The van der Waals surface area contributed by atoms with Crippen LogP contribution in [0.1, 0.15) is 49.4 Å². The molecule has 1 aliphatic rings. The first kappa shape index (κ1) is 17.5. The lowest BCUT2D eigenvalue weighted by atomic mass is 9.93. The lowest BCUT2D eigenvalue weighted by Gasteiger charge is -2.22. The zero-order valence-electron chi connectivity index (χ0n) is 13.9. The second-order valence-corrected chi connectivity index (χ2v) is 6.11. The molecule has 0 spiro atoms. The predicted octanol–water partition coefficient (Wildman–Crippen LogP) is 2.54. The fraction of sp³-hybridized carbons (Fsp3) is 0.556. The number of hydrogen-bond acceptors (Lipinski definition) is 3. The van der Waals surface area contributed by atoms with Crippen molar-refractivity contribution >= 4 is 17.5 Å². The van der Waals surface area contributed by atoms with E-state index in [0.717, 1.165) is 44.5 Å². The summed E-state index contributed by atoms with van der Waals surface area (Å²) in [4.78, 5) is 23.8. The molecule has 0 saturated carbocycles. The number of carbonyl (C=O) groups excluding carboxylic acids is 2. The van der Waals surface area contributed by atoms with Crippen LogP contribution in [0.15, 0.2) is 24.3 Å². The highest BCUT2D eigenvalue weighted by Gasteiger charge is 2.14. The first-order valence-electron chi connectivity index (χ1n) is 8.58. The number of nitrogens with one attached hydrogen (secondary N) is 3. The van der Waals surface area contributed by atoms with Gasteiger partial charge in [-0.25, -0.2) is 0 Å². The molecule has 0 aliphatic carbocycles. The van der Waals surface area contributed by atoms with Crippen LogP contribution in [0, 0.1) is 5.92 Å². The van der Waals surface area contributed by atoms with Crippen LogP contribution in [0.5, 0.6) is 0 Å². The van der Waals surface area contributed by atoms with Crippen LogP contribution in [0.25, 0.3) is 0 Å². The van der Waals surface area contributed by atoms with Gasteiger partial charge in [0.2, 0.25) is 5.91 Å². The number of hydrogen-bond donors (Lipinski definition) is 3. The maximum Gasteiger partial charge on any atom is 0.251 e. The van der Waals surface area contributed by atoms with Gasteiger partial charge in [-0.1, -0.05) is 6.92 Å². The minimum Gasteiger partial charge on any atom is -0.352 e. The van der Waals surface area contributed by atoms with Crippen molar-refractivity contribution in [3.05, 3.63) is 29.8 Å². The Labute approximate surface area is 138 Å². The van der Waals surface area contributed by atoms with E-state index < -0.39 is 0 Å². The zero-order valence-corrected chi connectivity index (χ0v) is 13.9. The normalized spacial score (nSPS) is 15.2. The molecule has 0 aromatic heterocycles. The predicted molar refractivity (Wildman–Crippen MR) is 92.5 cm³/mol. The molecule has 1 heterocycles. The van der Waals surface area contributed by atoms with Crippen molar-refractivity contribution in [2.45, 2.75) is 39.0 Å². The molecule has 126 valence electrons. The quantitative estimate of drug-likeness (QED) is 0.724. The highest BCUT2D eigenvalue weighted by atomic mass is 16.2. The Bertz CT molecular complexity index is 508. The molecule has 2 rings (SSSR count). The van der Waals surface area contributed by atoms with Crippen LogP contribution < -0.4 is 16.0 Å². The second-order valence-electron chi connectivity index (χ2n) is 6.11. The summed E-state index contributed by atoms with van der Waals surface area (Å²) >= 11 is 0. The lowest BCUT2D eigenvalue weighted by Crippen LogP contribution is -2.28. The summed E-state index contributed by atoms with van der Waals surface area (Å²) in [5.74, 6) is 0.633. The smallest absolute Gasteiger partial charge is 0.251 e. The van der Waals surface area contributed by atoms with Crippen LogP contribution >= 0.6 is 0 Å². The van der Waals surface area contributed by atoms with Gasteiger partial charge in [0.05, 0.1) is 0 Å². The van der Waals surface area contributed by atoms with E-state index in [1.54, 1.807) is 24.3 Å². The van der Waals surface area contributed by atoms with Gasteiger partial charge in [0.1, 0.15) is 0 Å². The molecular weight excluding hydrogens is 290 g/mol. The Kier molecular flexibility index (Phi) is 7.07. The standard InChI is InChI=1S/C18H27N3O2/c1-2-11-20-18(23)15-4-6-16(7-5-15)21-17(22)8-3-14-9-12-19-13-10-14/h4-7,14,19H,2-3,8-13H2,1H3,(H,20,23)(H,21,22). The summed E-state index contributed by atoms with van der Waals surface area (Å²) in [7, 11) is 0. The van der Waals surface area contributed by atoms with E-state index in [2.05, 4.69) is 16.0 Å². The highest BCUT2D eigenvalue weighted by Crippen LogP contribution is 2.18. The molecule has 0 bridgehead atoms. The minimum atomic E-state index is -0.0735. The van der Waals surface area contributed by atoms with Crippen LogP contribution in [-0.2, 0) is 4.79 Å². The monoisotopic (exact) mass is 317 g/mol. The number of anilines is 1. The fourth-order valence-corrected chi connectivity index (χ4v) is 2.77. The van der Waals surface area contributed by atoms with Crippen molar-refractivity contribution in [2.24, 2.45) is 5.92 Å². The number of piperidine rings is 1. The van der Waals surface area contributed by atoms with Crippen molar-refractivity contribution < 1.29 is 9.59 Å². The van der Waals surface area contributed by atoms with E-state index in [1.807, 2.05) is 6.92 Å². The van der Waals surface area contributed by atoms with Gasteiger partial charge < -0.3 is 16.0 Å². The third-order valence-corrected chi connectivity index (χ3v) is 4.20. The minimum absolute atomic E-state index is 0.0479. The van der Waals surface area contributed by atoms with Crippen molar-refractivity contribution in [3.8, 4) is 0 Å². The SMILES string of the molecule is CCCNC(=O)c1ccc(NC(=O)CCC2CCNCC2)cc1. The number of benzene rings is 1. The number of amides is 2. The maximum atomic E-state index is 12.0. The molecule has 1 aliphatic heterocycles. The molecule has 5 heteroatoms. The van der Waals surface area contributed by atoms with Crippen molar-refractivity contribution in [1.82, 2.24) is 10.6 Å². The number of carbonyl (C=O) groups is 2. The van der Waals surface area contributed by atoms with E-state index >= 15 is 0 Å².